The minimum atomic E-state index is -0.835. The average Bonchev–Trinajstić information content (AvgIpc) is 2.21. The number of aldehydes is 1. The molecule has 0 bridgehead atoms. The van der Waals surface area contributed by atoms with Gasteiger partial charge < -0.3 is 9.53 Å². The fourth-order valence-electron chi connectivity index (χ4n) is 1.07. The van der Waals surface area contributed by atoms with Gasteiger partial charge in [0.05, 0.1) is 6.61 Å². The Balaban J connectivity index is 2.82. The Kier molecular flexibility index (Phi) is 3.79. The maximum absolute atomic E-state index is 11.3. The highest BCUT2D eigenvalue weighted by Gasteiger charge is 2.20. The average molecular weight is 193 g/mol. The Morgan fingerprint density at radius 2 is 2.21 bits per heavy atom. The summed E-state index contributed by atoms with van der Waals surface area (Å²) in [6.07, 6.45) is 3.64. The lowest BCUT2D eigenvalue weighted by atomic mass is 10.0. The van der Waals surface area contributed by atoms with E-state index in [0.29, 0.717) is 11.8 Å². The third-order valence-electron chi connectivity index (χ3n) is 1.74. The molecule has 0 fully saturated rings. The summed E-state index contributed by atoms with van der Waals surface area (Å²) < 4.78 is 4.76. The maximum Gasteiger partial charge on any atom is 0.320 e. The quantitative estimate of drug-likeness (QED) is 0.405. The second-order valence-electron chi connectivity index (χ2n) is 2.65. The van der Waals surface area contributed by atoms with Crippen LogP contribution in [0.3, 0.4) is 0 Å². The first kappa shape index (κ1) is 10.4. The number of pyridine rings is 1. The lowest BCUT2D eigenvalue weighted by molar-refractivity contribution is -0.146. The van der Waals surface area contributed by atoms with Crippen molar-refractivity contribution in [1.82, 2.24) is 4.98 Å². The largest absolute Gasteiger partial charge is 0.465 e. The highest BCUT2D eigenvalue weighted by atomic mass is 16.5. The summed E-state index contributed by atoms with van der Waals surface area (Å²) in [7, 11) is 0. The van der Waals surface area contributed by atoms with Crippen LogP contribution in [0, 0.1) is 0 Å². The molecule has 0 N–H and O–H groups in total. The van der Waals surface area contributed by atoms with Crippen LogP contribution >= 0.6 is 0 Å². The molecule has 0 aliphatic rings. The molecule has 0 saturated carbocycles. The van der Waals surface area contributed by atoms with Gasteiger partial charge in [-0.15, -0.1) is 0 Å². The van der Waals surface area contributed by atoms with Crippen LogP contribution in [-0.4, -0.2) is 23.8 Å². The summed E-state index contributed by atoms with van der Waals surface area (Å²) in [4.78, 5) is 25.8. The van der Waals surface area contributed by atoms with E-state index in [9.17, 15) is 9.59 Å². The molecule has 4 heteroatoms. The van der Waals surface area contributed by atoms with E-state index in [2.05, 4.69) is 4.98 Å². The molecular formula is C10H11NO3. The monoisotopic (exact) mass is 193 g/mol. The van der Waals surface area contributed by atoms with Crippen LogP contribution < -0.4 is 0 Å². The fraction of sp³-hybridized carbons (Fsp3) is 0.300. The van der Waals surface area contributed by atoms with E-state index in [1.54, 1.807) is 19.1 Å². The van der Waals surface area contributed by atoms with Gasteiger partial charge in [-0.2, -0.15) is 0 Å². The first-order valence-electron chi connectivity index (χ1n) is 4.31. The molecule has 0 aliphatic heterocycles. The highest BCUT2D eigenvalue weighted by molar-refractivity contribution is 5.94. The number of nitrogens with zero attached hydrogens (tertiary/aromatic N) is 1. The normalized spacial score (nSPS) is 11.8. The molecule has 0 amide bonds. The van der Waals surface area contributed by atoms with Gasteiger partial charge in [-0.25, -0.2) is 0 Å². The number of carbonyl (C=O) groups is 2. The molecule has 0 aromatic carbocycles. The molecule has 14 heavy (non-hydrogen) atoms. The van der Waals surface area contributed by atoms with E-state index in [1.165, 1.54) is 12.4 Å². The lowest BCUT2D eigenvalue weighted by Crippen LogP contribution is -2.17. The second kappa shape index (κ2) is 5.11. The summed E-state index contributed by atoms with van der Waals surface area (Å²) >= 11 is 0. The number of aromatic nitrogens is 1. The predicted octanol–water partition coefficient (Wildman–Crippen LogP) is 0.927. The molecule has 1 unspecified atom stereocenters. The van der Waals surface area contributed by atoms with Crippen molar-refractivity contribution >= 4 is 12.3 Å². The van der Waals surface area contributed by atoms with Crippen LogP contribution in [0.5, 0.6) is 0 Å². The lowest BCUT2D eigenvalue weighted by Gasteiger charge is -2.08. The Morgan fingerprint density at radius 3 is 2.71 bits per heavy atom. The maximum atomic E-state index is 11.3. The number of hydrogen-bond donors (Lipinski definition) is 0. The van der Waals surface area contributed by atoms with Gasteiger partial charge in [-0.3, -0.25) is 9.78 Å². The van der Waals surface area contributed by atoms with Crippen LogP contribution in [0.15, 0.2) is 24.5 Å². The molecule has 1 aromatic rings. The standard InChI is InChI=1S/C10H11NO3/c1-2-14-10(13)9(7-12)8-3-5-11-6-4-8/h3-7,9H,2H2,1H3. The van der Waals surface area contributed by atoms with Crippen molar-refractivity contribution in [2.45, 2.75) is 12.8 Å². The molecule has 0 spiro atoms. The highest BCUT2D eigenvalue weighted by Crippen LogP contribution is 2.13. The van der Waals surface area contributed by atoms with E-state index in [0.717, 1.165) is 0 Å². The van der Waals surface area contributed by atoms with Crippen molar-refractivity contribution < 1.29 is 14.3 Å². The van der Waals surface area contributed by atoms with E-state index >= 15 is 0 Å². The number of esters is 1. The number of rotatable bonds is 4. The Hall–Kier alpha value is -1.71. The van der Waals surface area contributed by atoms with Crippen molar-refractivity contribution in [1.29, 1.82) is 0 Å². The van der Waals surface area contributed by atoms with Gasteiger partial charge in [0.25, 0.3) is 0 Å². The Morgan fingerprint density at radius 1 is 1.57 bits per heavy atom. The van der Waals surface area contributed by atoms with Crippen LogP contribution in [0.2, 0.25) is 0 Å². The number of ether oxygens (including phenoxy) is 1. The van der Waals surface area contributed by atoms with Gasteiger partial charge >= 0.3 is 5.97 Å². The molecule has 1 atom stereocenters. The van der Waals surface area contributed by atoms with Gasteiger partial charge in [-0.1, -0.05) is 0 Å². The van der Waals surface area contributed by atoms with Crippen LogP contribution in [-0.2, 0) is 14.3 Å². The third kappa shape index (κ3) is 2.39. The van der Waals surface area contributed by atoms with E-state index < -0.39 is 11.9 Å². The molecule has 1 rings (SSSR count). The Bertz CT molecular complexity index is 310. The second-order valence-corrected chi connectivity index (χ2v) is 2.65. The summed E-state index contributed by atoms with van der Waals surface area (Å²) in [5, 5.41) is 0. The first-order chi connectivity index (χ1) is 6.79. The van der Waals surface area contributed by atoms with Gasteiger partial charge in [0.2, 0.25) is 0 Å². The summed E-state index contributed by atoms with van der Waals surface area (Å²) in [6.45, 7) is 1.97. The Labute approximate surface area is 81.9 Å². The summed E-state index contributed by atoms with van der Waals surface area (Å²) in [5.41, 5.74) is 0.605. The minimum absolute atomic E-state index is 0.272. The zero-order chi connectivity index (χ0) is 10.4. The molecule has 0 saturated heterocycles. The van der Waals surface area contributed by atoms with Crippen molar-refractivity contribution in [2.75, 3.05) is 6.61 Å². The van der Waals surface area contributed by atoms with Crippen molar-refractivity contribution in [2.24, 2.45) is 0 Å². The molecule has 1 heterocycles. The molecule has 74 valence electrons. The van der Waals surface area contributed by atoms with Crippen LogP contribution in [0.25, 0.3) is 0 Å². The van der Waals surface area contributed by atoms with E-state index in [4.69, 9.17) is 4.74 Å². The number of hydrogen-bond acceptors (Lipinski definition) is 4. The summed E-state index contributed by atoms with van der Waals surface area (Å²) in [5.74, 6) is -1.35. The van der Waals surface area contributed by atoms with Crippen molar-refractivity contribution in [3.8, 4) is 0 Å². The minimum Gasteiger partial charge on any atom is -0.465 e. The fourth-order valence-corrected chi connectivity index (χ4v) is 1.07. The van der Waals surface area contributed by atoms with Crippen molar-refractivity contribution in [3.63, 3.8) is 0 Å². The SMILES string of the molecule is CCOC(=O)C(C=O)c1ccncc1. The van der Waals surface area contributed by atoms with Gasteiger partial charge in [0.1, 0.15) is 12.2 Å². The molecule has 0 radical (unpaired) electrons. The molecular weight excluding hydrogens is 182 g/mol. The topological polar surface area (TPSA) is 56.3 Å². The van der Waals surface area contributed by atoms with Gasteiger partial charge in [0.15, 0.2) is 0 Å². The predicted molar refractivity (Wildman–Crippen MR) is 49.7 cm³/mol. The van der Waals surface area contributed by atoms with E-state index in [1.807, 2.05) is 0 Å². The molecule has 4 nitrogen and oxygen atoms in total. The van der Waals surface area contributed by atoms with Crippen molar-refractivity contribution in [3.05, 3.63) is 30.1 Å². The van der Waals surface area contributed by atoms with E-state index in [-0.39, 0.29) is 6.61 Å². The summed E-state index contributed by atoms with van der Waals surface area (Å²) in [6, 6.07) is 3.24. The molecule has 1 aromatic heterocycles. The van der Waals surface area contributed by atoms with Crippen LogP contribution in [0.4, 0.5) is 0 Å². The smallest absolute Gasteiger partial charge is 0.320 e. The third-order valence-corrected chi connectivity index (χ3v) is 1.74. The van der Waals surface area contributed by atoms with Crippen LogP contribution in [0.1, 0.15) is 18.4 Å². The van der Waals surface area contributed by atoms with Gasteiger partial charge in [-0.05, 0) is 24.6 Å². The zero-order valence-corrected chi connectivity index (χ0v) is 7.84. The zero-order valence-electron chi connectivity index (χ0n) is 7.84. The first-order valence-corrected chi connectivity index (χ1v) is 4.31. The number of carbonyl (C=O) groups excluding carboxylic acids is 2. The van der Waals surface area contributed by atoms with Gasteiger partial charge in [0, 0.05) is 12.4 Å². The molecule has 0 aliphatic carbocycles.